The molecule has 0 aromatic heterocycles. The fourth-order valence-electron chi connectivity index (χ4n) is 9.62. The van der Waals surface area contributed by atoms with Gasteiger partial charge >= 0.3 is 5.97 Å². The van der Waals surface area contributed by atoms with E-state index >= 15 is 0 Å². The normalized spacial score (nSPS) is 12.6. The van der Waals surface area contributed by atoms with Gasteiger partial charge in [-0.25, -0.2) is 0 Å². The van der Waals surface area contributed by atoms with E-state index in [-0.39, 0.29) is 18.5 Å². The summed E-state index contributed by atoms with van der Waals surface area (Å²) in [5.41, 5.74) is 0. The van der Waals surface area contributed by atoms with Crippen LogP contribution in [0.15, 0.2) is 12.2 Å². The third kappa shape index (κ3) is 53.8. The molecule has 1 amide bonds. The average Bonchev–Trinajstić information content (AvgIpc) is 3.33. The molecule has 398 valence electrons. The second-order valence-corrected chi connectivity index (χ2v) is 21.0. The summed E-state index contributed by atoms with van der Waals surface area (Å²) in [6, 6.07) is -0.544. The molecule has 67 heavy (non-hydrogen) atoms. The summed E-state index contributed by atoms with van der Waals surface area (Å²) in [5.74, 6) is -0.0356. The summed E-state index contributed by atoms with van der Waals surface area (Å²) in [7, 11) is 0. The minimum absolute atomic E-state index is 0.00125. The van der Waals surface area contributed by atoms with Gasteiger partial charge in [0.2, 0.25) is 5.91 Å². The number of carbonyl (C=O) groups excluding carboxylic acids is 2. The van der Waals surface area contributed by atoms with Crippen molar-refractivity contribution in [2.24, 2.45) is 0 Å². The zero-order valence-corrected chi connectivity index (χ0v) is 45.4. The molecule has 0 aromatic carbocycles. The van der Waals surface area contributed by atoms with E-state index in [1.54, 1.807) is 0 Å². The molecule has 0 radical (unpaired) electrons. The van der Waals surface area contributed by atoms with Gasteiger partial charge in [0.1, 0.15) is 0 Å². The Morgan fingerprint density at radius 1 is 0.403 bits per heavy atom. The first-order valence-corrected chi connectivity index (χ1v) is 30.4. The Labute approximate surface area is 419 Å². The number of allylic oxidation sites excluding steroid dienone is 2. The molecule has 6 heteroatoms. The molecule has 0 heterocycles. The molecule has 0 saturated heterocycles. The van der Waals surface area contributed by atoms with E-state index in [9.17, 15) is 19.8 Å². The van der Waals surface area contributed by atoms with E-state index in [2.05, 4.69) is 31.3 Å². The van der Waals surface area contributed by atoms with Gasteiger partial charge in [-0.15, -0.1) is 0 Å². The Balaban J connectivity index is 3.40. The lowest BCUT2D eigenvalue weighted by Gasteiger charge is -2.22. The van der Waals surface area contributed by atoms with Gasteiger partial charge in [0.15, 0.2) is 0 Å². The first-order valence-electron chi connectivity index (χ1n) is 30.4. The number of hydrogen-bond donors (Lipinski definition) is 3. The van der Waals surface area contributed by atoms with Crippen molar-refractivity contribution in [1.29, 1.82) is 0 Å². The Morgan fingerprint density at radius 3 is 1.10 bits per heavy atom. The number of aliphatic hydroxyl groups excluding tert-OH is 2. The SMILES string of the molecule is CCCC/C=C\CCCCCCCC(=O)OCCCCCCCCCCCCCCCCCCCCCC(=O)NC(CO)C(O)CCCCCCCCCCCCCCCCCCCCCC. The summed E-state index contributed by atoms with van der Waals surface area (Å²) in [6.45, 7) is 4.93. The van der Waals surface area contributed by atoms with Gasteiger partial charge in [-0.1, -0.05) is 296 Å². The number of unbranched alkanes of at least 4 members (excludes halogenated alkanes) is 44. The molecule has 6 nitrogen and oxygen atoms in total. The molecule has 0 aliphatic rings. The number of aliphatic hydroxyl groups is 2. The van der Waals surface area contributed by atoms with Gasteiger partial charge in [-0.2, -0.15) is 0 Å². The number of amides is 1. The molecular weight excluding hydrogens is 827 g/mol. The highest BCUT2D eigenvalue weighted by Gasteiger charge is 2.20. The summed E-state index contributed by atoms with van der Waals surface area (Å²) in [4.78, 5) is 24.5. The standard InChI is InChI=1S/C61H119NO5/c1-3-5-7-9-11-13-15-16-17-18-19-21-24-27-30-34-37-41-45-49-53-59(64)58(57-63)62-60(65)54-50-46-42-38-35-31-28-25-22-20-23-26-29-32-36-40-44-48-52-56-67-61(66)55-51-47-43-39-33-14-12-10-8-6-4-2/h10,12,58-59,63-64H,3-9,11,13-57H2,1-2H3,(H,62,65)/b12-10-. The lowest BCUT2D eigenvalue weighted by atomic mass is 10.0. The summed E-state index contributed by atoms with van der Waals surface area (Å²) in [5, 5.41) is 23.4. The number of carbonyl (C=O) groups is 2. The topological polar surface area (TPSA) is 95.9 Å². The molecule has 2 unspecified atom stereocenters. The zero-order chi connectivity index (χ0) is 48.6. The van der Waals surface area contributed by atoms with Crippen molar-refractivity contribution >= 4 is 11.9 Å². The largest absolute Gasteiger partial charge is 0.466 e. The highest BCUT2D eigenvalue weighted by molar-refractivity contribution is 5.76. The lowest BCUT2D eigenvalue weighted by molar-refractivity contribution is -0.143. The number of nitrogens with one attached hydrogen (secondary N) is 1. The molecule has 0 aliphatic carbocycles. The summed E-state index contributed by atoms with van der Waals surface area (Å²) < 4.78 is 5.46. The van der Waals surface area contributed by atoms with Crippen LogP contribution in [0.1, 0.15) is 341 Å². The number of hydrogen-bond acceptors (Lipinski definition) is 5. The molecule has 0 aromatic rings. The fourth-order valence-corrected chi connectivity index (χ4v) is 9.62. The van der Waals surface area contributed by atoms with Crippen LogP contribution in [0.2, 0.25) is 0 Å². The fraction of sp³-hybridized carbons (Fsp3) is 0.934. The molecule has 0 aliphatic heterocycles. The Morgan fingerprint density at radius 2 is 0.716 bits per heavy atom. The molecule has 0 fully saturated rings. The van der Waals surface area contributed by atoms with Gasteiger partial charge in [0, 0.05) is 12.8 Å². The predicted octanol–water partition coefficient (Wildman–Crippen LogP) is 18.9. The maximum Gasteiger partial charge on any atom is 0.305 e. The molecule has 3 N–H and O–H groups in total. The van der Waals surface area contributed by atoms with Crippen LogP contribution in [0.4, 0.5) is 0 Å². The molecule has 0 bridgehead atoms. The third-order valence-electron chi connectivity index (χ3n) is 14.3. The van der Waals surface area contributed by atoms with Crippen LogP contribution in [0, 0.1) is 0 Å². The zero-order valence-electron chi connectivity index (χ0n) is 45.4. The van der Waals surface area contributed by atoms with Crippen LogP contribution < -0.4 is 5.32 Å². The smallest absolute Gasteiger partial charge is 0.305 e. The van der Waals surface area contributed by atoms with Gasteiger partial charge < -0.3 is 20.3 Å². The third-order valence-corrected chi connectivity index (χ3v) is 14.3. The van der Waals surface area contributed by atoms with Gasteiger partial charge in [0.05, 0.1) is 25.4 Å². The van der Waals surface area contributed by atoms with Crippen LogP contribution in [0.3, 0.4) is 0 Å². The number of ether oxygens (including phenoxy) is 1. The minimum atomic E-state index is -0.666. The minimum Gasteiger partial charge on any atom is -0.466 e. The van der Waals surface area contributed by atoms with Crippen LogP contribution >= 0.6 is 0 Å². The van der Waals surface area contributed by atoms with Crippen molar-refractivity contribution in [3.63, 3.8) is 0 Å². The van der Waals surface area contributed by atoms with Crippen LogP contribution in [0.25, 0.3) is 0 Å². The molecule has 0 saturated carbocycles. The molecule has 0 rings (SSSR count). The lowest BCUT2D eigenvalue weighted by Crippen LogP contribution is -2.45. The van der Waals surface area contributed by atoms with E-state index in [4.69, 9.17) is 4.74 Å². The van der Waals surface area contributed by atoms with E-state index in [1.807, 2.05) is 0 Å². The van der Waals surface area contributed by atoms with E-state index < -0.39 is 12.1 Å². The Bertz CT molecular complexity index is 1000. The van der Waals surface area contributed by atoms with Crippen molar-refractivity contribution in [3.05, 3.63) is 12.2 Å². The maximum atomic E-state index is 12.5. The van der Waals surface area contributed by atoms with Crippen molar-refractivity contribution < 1.29 is 24.5 Å². The van der Waals surface area contributed by atoms with Crippen molar-refractivity contribution in [3.8, 4) is 0 Å². The summed E-state index contributed by atoms with van der Waals surface area (Å²) in [6.07, 6.45) is 67.8. The van der Waals surface area contributed by atoms with E-state index in [1.165, 1.54) is 263 Å². The van der Waals surface area contributed by atoms with Gasteiger partial charge in [-0.05, 0) is 44.9 Å². The van der Waals surface area contributed by atoms with Crippen LogP contribution in [-0.4, -0.2) is 47.4 Å². The first kappa shape index (κ1) is 65.6. The molecule has 2 atom stereocenters. The first-order chi connectivity index (χ1) is 33.0. The van der Waals surface area contributed by atoms with E-state index in [0.717, 1.165) is 44.9 Å². The average molecular weight is 947 g/mol. The second-order valence-electron chi connectivity index (χ2n) is 21.0. The highest BCUT2D eigenvalue weighted by Crippen LogP contribution is 2.18. The van der Waals surface area contributed by atoms with Crippen molar-refractivity contribution in [2.45, 2.75) is 353 Å². The maximum absolute atomic E-state index is 12.5. The second kappa shape index (κ2) is 57.2. The van der Waals surface area contributed by atoms with E-state index in [0.29, 0.717) is 25.9 Å². The van der Waals surface area contributed by atoms with Gasteiger partial charge in [0.25, 0.3) is 0 Å². The summed E-state index contributed by atoms with van der Waals surface area (Å²) >= 11 is 0. The number of rotatable bonds is 57. The van der Waals surface area contributed by atoms with Crippen LogP contribution in [0.5, 0.6) is 0 Å². The quantitative estimate of drug-likeness (QED) is 0.0321. The van der Waals surface area contributed by atoms with Gasteiger partial charge in [-0.3, -0.25) is 9.59 Å². The number of esters is 1. The molecular formula is C61H119NO5. The van der Waals surface area contributed by atoms with Crippen LogP contribution in [-0.2, 0) is 14.3 Å². The molecule has 0 spiro atoms. The van der Waals surface area contributed by atoms with Crippen molar-refractivity contribution in [2.75, 3.05) is 13.2 Å². The Hall–Kier alpha value is -1.40. The van der Waals surface area contributed by atoms with Crippen molar-refractivity contribution in [1.82, 2.24) is 5.32 Å². The highest BCUT2D eigenvalue weighted by atomic mass is 16.5. The Kier molecular flexibility index (Phi) is 56.0. The monoisotopic (exact) mass is 946 g/mol. The predicted molar refractivity (Wildman–Crippen MR) is 292 cm³/mol.